The first-order valence-corrected chi connectivity index (χ1v) is 11.0. The van der Waals surface area contributed by atoms with Crippen LogP contribution in [-0.4, -0.2) is 25.9 Å². The lowest BCUT2D eigenvalue weighted by molar-refractivity contribution is -0.115. The van der Waals surface area contributed by atoms with E-state index in [1.807, 2.05) is 55.5 Å². The normalized spacial score (nSPS) is 13.1. The number of para-hydroxylation sites is 1. The SMILES string of the molecule is CC[C@H](C)c1ccccc1NC(=O)[C@@H](C)Sc1nnc(-c2ccccc2)n1CC. The Bertz CT molecular complexity index is 955. The highest BCUT2D eigenvalue weighted by atomic mass is 32.2. The van der Waals surface area contributed by atoms with Gasteiger partial charge in [0.1, 0.15) is 0 Å². The number of rotatable bonds is 8. The molecule has 0 aliphatic carbocycles. The van der Waals surface area contributed by atoms with Crippen LogP contribution in [0.1, 0.15) is 45.6 Å². The molecule has 0 aliphatic rings. The number of amides is 1. The van der Waals surface area contributed by atoms with E-state index in [9.17, 15) is 4.79 Å². The van der Waals surface area contributed by atoms with Gasteiger partial charge in [-0.3, -0.25) is 4.79 Å². The summed E-state index contributed by atoms with van der Waals surface area (Å²) in [6.45, 7) is 9.04. The van der Waals surface area contributed by atoms with Gasteiger partial charge in [0.15, 0.2) is 11.0 Å². The second-order valence-electron chi connectivity index (χ2n) is 7.06. The van der Waals surface area contributed by atoms with E-state index in [2.05, 4.69) is 46.9 Å². The lowest BCUT2D eigenvalue weighted by Gasteiger charge is -2.17. The fourth-order valence-corrected chi connectivity index (χ4v) is 4.08. The molecule has 0 saturated carbocycles. The molecule has 0 unspecified atom stereocenters. The van der Waals surface area contributed by atoms with Gasteiger partial charge in [-0.25, -0.2) is 0 Å². The Hall–Kier alpha value is -2.60. The lowest BCUT2D eigenvalue weighted by Crippen LogP contribution is -2.23. The van der Waals surface area contributed by atoms with Crippen LogP contribution >= 0.6 is 11.8 Å². The molecule has 0 radical (unpaired) electrons. The maximum absolute atomic E-state index is 12.9. The number of aromatic nitrogens is 3. The van der Waals surface area contributed by atoms with Gasteiger partial charge in [-0.05, 0) is 37.8 Å². The number of carbonyl (C=O) groups is 1. The standard InChI is InChI=1S/C23H28N4OS/c1-5-16(3)19-14-10-11-15-20(19)24-22(28)17(4)29-23-26-25-21(27(23)6-2)18-12-8-7-9-13-18/h7-17H,5-6H2,1-4H3,(H,24,28)/t16-,17+/m0/s1. The number of carbonyl (C=O) groups excluding carboxylic acids is 1. The predicted octanol–water partition coefficient (Wildman–Crippen LogP) is 5.60. The average molecular weight is 409 g/mol. The van der Waals surface area contributed by atoms with E-state index in [0.29, 0.717) is 5.92 Å². The fraction of sp³-hybridized carbons (Fsp3) is 0.348. The van der Waals surface area contributed by atoms with Gasteiger partial charge in [-0.1, -0.05) is 74.1 Å². The third-order valence-electron chi connectivity index (χ3n) is 5.08. The summed E-state index contributed by atoms with van der Waals surface area (Å²) in [5.74, 6) is 1.19. The smallest absolute Gasteiger partial charge is 0.237 e. The van der Waals surface area contributed by atoms with Gasteiger partial charge in [0.2, 0.25) is 5.91 Å². The highest BCUT2D eigenvalue weighted by Crippen LogP contribution is 2.29. The van der Waals surface area contributed by atoms with E-state index in [1.165, 1.54) is 17.3 Å². The number of thioether (sulfide) groups is 1. The summed E-state index contributed by atoms with van der Waals surface area (Å²) in [6.07, 6.45) is 1.03. The van der Waals surface area contributed by atoms with Crippen molar-refractivity contribution in [2.45, 2.75) is 57.0 Å². The number of nitrogens with one attached hydrogen (secondary N) is 1. The highest BCUT2D eigenvalue weighted by molar-refractivity contribution is 8.00. The van der Waals surface area contributed by atoms with E-state index in [4.69, 9.17) is 0 Å². The summed E-state index contributed by atoms with van der Waals surface area (Å²) in [4.78, 5) is 12.9. The molecule has 5 nitrogen and oxygen atoms in total. The van der Waals surface area contributed by atoms with Gasteiger partial charge >= 0.3 is 0 Å². The Morgan fingerprint density at radius 3 is 2.41 bits per heavy atom. The molecule has 1 heterocycles. The fourth-order valence-electron chi connectivity index (χ4n) is 3.17. The summed E-state index contributed by atoms with van der Waals surface area (Å²) in [5, 5.41) is 12.3. The van der Waals surface area contributed by atoms with Gasteiger partial charge in [0.25, 0.3) is 0 Å². The predicted molar refractivity (Wildman–Crippen MR) is 120 cm³/mol. The van der Waals surface area contributed by atoms with Crippen molar-refractivity contribution < 1.29 is 4.79 Å². The second-order valence-corrected chi connectivity index (χ2v) is 8.37. The Balaban J connectivity index is 1.75. The van der Waals surface area contributed by atoms with Crippen LogP contribution in [0.2, 0.25) is 0 Å². The molecular formula is C23H28N4OS. The second kappa shape index (κ2) is 9.74. The quantitative estimate of drug-likeness (QED) is 0.493. The first-order chi connectivity index (χ1) is 14.0. The van der Waals surface area contributed by atoms with Crippen molar-refractivity contribution >= 4 is 23.4 Å². The van der Waals surface area contributed by atoms with E-state index < -0.39 is 0 Å². The van der Waals surface area contributed by atoms with Gasteiger partial charge < -0.3 is 9.88 Å². The molecular weight excluding hydrogens is 380 g/mol. The third kappa shape index (κ3) is 4.88. The molecule has 1 amide bonds. The van der Waals surface area contributed by atoms with E-state index >= 15 is 0 Å². The summed E-state index contributed by atoms with van der Waals surface area (Å²) in [7, 11) is 0. The van der Waals surface area contributed by atoms with Crippen LogP contribution < -0.4 is 5.32 Å². The molecule has 0 bridgehead atoms. The van der Waals surface area contributed by atoms with Crippen LogP contribution in [0.5, 0.6) is 0 Å². The molecule has 2 aromatic carbocycles. The Morgan fingerprint density at radius 2 is 1.72 bits per heavy atom. The van der Waals surface area contributed by atoms with E-state index in [1.54, 1.807) is 0 Å². The molecule has 0 fully saturated rings. The van der Waals surface area contributed by atoms with Crippen molar-refractivity contribution in [1.82, 2.24) is 14.8 Å². The largest absolute Gasteiger partial charge is 0.325 e. The van der Waals surface area contributed by atoms with Crippen LogP contribution in [0.15, 0.2) is 59.8 Å². The summed E-state index contributed by atoms with van der Waals surface area (Å²) < 4.78 is 2.05. The van der Waals surface area contributed by atoms with Gasteiger partial charge in [-0.15, -0.1) is 10.2 Å². The zero-order valence-electron chi connectivity index (χ0n) is 17.4. The van der Waals surface area contributed by atoms with Crippen LogP contribution in [0.4, 0.5) is 5.69 Å². The number of hydrogen-bond acceptors (Lipinski definition) is 4. The van der Waals surface area contributed by atoms with Gasteiger partial charge in [-0.2, -0.15) is 0 Å². The Kier molecular flexibility index (Phi) is 7.09. The van der Waals surface area contributed by atoms with E-state index in [0.717, 1.165) is 35.2 Å². The van der Waals surface area contributed by atoms with Gasteiger partial charge in [0, 0.05) is 17.8 Å². The van der Waals surface area contributed by atoms with Crippen molar-refractivity contribution in [1.29, 1.82) is 0 Å². The molecule has 0 saturated heterocycles. The number of nitrogens with zero attached hydrogens (tertiary/aromatic N) is 3. The number of benzene rings is 2. The minimum atomic E-state index is -0.293. The van der Waals surface area contributed by atoms with Crippen molar-refractivity contribution in [3.05, 3.63) is 60.2 Å². The van der Waals surface area contributed by atoms with Crippen molar-refractivity contribution in [3.8, 4) is 11.4 Å². The summed E-state index contributed by atoms with van der Waals surface area (Å²) in [6, 6.07) is 18.0. The van der Waals surface area contributed by atoms with Crippen LogP contribution in [-0.2, 0) is 11.3 Å². The Morgan fingerprint density at radius 1 is 1.03 bits per heavy atom. The molecule has 2 atom stereocenters. The molecule has 29 heavy (non-hydrogen) atoms. The van der Waals surface area contributed by atoms with Crippen molar-refractivity contribution in [2.24, 2.45) is 0 Å². The summed E-state index contributed by atoms with van der Waals surface area (Å²) in [5.41, 5.74) is 3.08. The van der Waals surface area contributed by atoms with Crippen molar-refractivity contribution in [3.63, 3.8) is 0 Å². The lowest BCUT2D eigenvalue weighted by atomic mass is 9.97. The summed E-state index contributed by atoms with van der Waals surface area (Å²) >= 11 is 1.43. The monoisotopic (exact) mass is 408 g/mol. The van der Waals surface area contributed by atoms with Crippen LogP contribution in [0.25, 0.3) is 11.4 Å². The zero-order valence-corrected chi connectivity index (χ0v) is 18.2. The minimum absolute atomic E-state index is 0.0299. The van der Waals surface area contributed by atoms with Crippen molar-refractivity contribution in [2.75, 3.05) is 5.32 Å². The molecule has 3 rings (SSSR count). The van der Waals surface area contributed by atoms with Crippen LogP contribution in [0.3, 0.4) is 0 Å². The molecule has 152 valence electrons. The van der Waals surface area contributed by atoms with E-state index in [-0.39, 0.29) is 11.2 Å². The molecule has 6 heteroatoms. The van der Waals surface area contributed by atoms with Gasteiger partial charge in [0.05, 0.1) is 5.25 Å². The number of hydrogen-bond donors (Lipinski definition) is 1. The average Bonchev–Trinajstić information content (AvgIpc) is 3.16. The van der Waals surface area contributed by atoms with Crippen LogP contribution in [0, 0.1) is 0 Å². The molecule has 3 aromatic rings. The topological polar surface area (TPSA) is 59.8 Å². The maximum Gasteiger partial charge on any atom is 0.237 e. The molecule has 1 N–H and O–H groups in total. The first kappa shape index (κ1) is 21.1. The first-order valence-electron chi connectivity index (χ1n) is 10.1. The zero-order chi connectivity index (χ0) is 20.8. The maximum atomic E-state index is 12.9. The minimum Gasteiger partial charge on any atom is -0.325 e. The Labute approximate surface area is 176 Å². The number of anilines is 1. The third-order valence-corrected chi connectivity index (χ3v) is 6.16. The molecule has 0 spiro atoms. The molecule has 1 aromatic heterocycles. The molecule has 0 aliphatic heterocycles. The highest BCUT2D eigenvalue weighted by Gasteiger charge is 2.21.